The van der Waals surface area contributed by atoms with Gasteiger partial charge in [-0.1, -0.05) is 24.3 Å². The number of hydrogen-bond acceptors (Lipinski definition) is 6. The molecule has 0 saturated heterocycles. The van der Waals surface area contributed by atoms with Crippen molar-refractivity contribution < 1.29 is 14.3 Å². The summed E-state index contributed by atoms with van der Waals surface area (Å²) in [5.74, 6) is 0.755. The minimum Gasteiger partial charge on any atom is -0.507 e. The number of phenols is 1. The molecular weight excluding hydrogens is 344 g/mol. The van der Waals surface area contributed by atoms with Crippen molar-refractivity contribution >= 4 is 22.5 Å². The molecule has 6 nitrogen and oxygen atoms in total. The Morgan fingerprint density at radius 2 is 1.93 bits per heavy atom. The zero-order valence-electron chi connectivity index (χ0n) is 14.1. The predicted octanol–water partition coefficient (Wildman–Crippen LogP) is 4.34. The average molecular weight is 358 g/mol. The maximum absolute atomic E-state index is 13.1. The molecule has 0 bridgehead atoms. The number of anilines is 2. The molecule has 4 aromatic rings. The summed E-state index contributed by atoms with van der Waals surface area (Å²) in [5, 5.41) is 10.3. The van der Waals surface area contributed by atoms with Crippen molar-refractivity contribution in [3.8, 4) is 17.2 Å². The third-order valence-electron chi connectivity index (χ3n) is 4.55. The maximum atomic E-state index is 13.1. The Bertz CT molecular complexity index is 1220. The van der Waals surface area contributed by atoms with E-state index in [2.05, 4.69) is 4.98 Å². The zero-order chi connectivity index (χ0) is 18.4. The smallest absolute Gasteiger partial charge is 0.248 e. The molecule has 2 aromatic carbocycles. The van der Waals surface area contributed by atoms with Gasteiger partial charge in [0.2, 0.25) is 17.1 Å². The van der Waals surface area contributed by atoms with Gasteiger partial charge >= 0.3 is 0 Å². The number of hydrogen-bond donors (Lipinski definition) is 1. The first kappa shape index (κ1) is 15.5. The van der Waals surface area contributed by atoms with Crippen LogP contribution in [0.3, 0.4) is 0 Å². The Balaban J connectivity index is 1.85. The molecule has 0 amide bonds. The molecule has 0 unspecified atom stereocenters. The Hall–Kier alpha value is -3.80. The monoisotopic (exact) mass is 358 g/mol. The van der Waals surface area contributed by atoms with Gasteiger partial charge in [-0.3, -0.25) is 9.78 Å². The summed E-state index contributed by atoms with van der Waals surface area (Å²) < 4.78 is 12.0. The molecule has 0 fully saturated rings. The number of nitrogens with zero attached hydrogens (tertiary/aromatic N) is 2. The van der Waals surface area contributed by atoms with Crippen LogP contribution in [-0.4, -0.2) is 10.1 Å². The van der Waals surface area contributed by atoms with Crippen molar-refractivity contribution in [2.24, 2.45) is 0 Å². The summed E-state index contributed by atoms with van der Waals surface area (Å²) in [6.45, 7) is 0.447. The molecule has 6 heteroatoms. The Kier molecular flexibility index (Phi) is 3.36. The number of ether oxygens (including phenoxy) is 1. The van der Waals surface area contributed by atoms with E-state index in [0.29, 0.717) is 17.9 Å². The van der Waals surface area contributed by atoms with Crippen LogP contribution in [0.4, 0.5) is 11.6 Å². The van der Waals surface area contributed by atoms with Gasteiger partial charge in [-0.25, -0.2) is 0 Å². The number of pyridine rings is 1. The summed E-state index contributed by atoms with van der Waals surface area (Å²) in [6.07, 6.45) is 3.38. The maximum Gasteiger partial charge on any atom is 0.248 e. The summed E-state index contributed by atoms with van der Waals surface area (Å²) in [4.78, 5) is 19.2. The predicted molar refractivity (Wildman–Crippen MR) is 101 cm³/mol. The Morgan fingerprint density at radius 1 is 1.04 bits per heavy atom. The van der Waals surface area contributed by atoms with Crippen molar-refractivity contribution in [3.63, 3.8) is 0 Å². The summed E-state index contributed by atoms with van der Waals surface area (Å²) in [7, 11) is 0. The molecule has 0 radical (unpaired) electrons. The van der Waals surface area contributed by atoms with Gasteiger partial charge in [0, 0.05) is 11.8 Å². The fourth-order valence-electron chi connectivity index (χ4n) is 3.27. The number of para-hydroxylation sites is 1. The van der Waals surface area contributed by atoms with E-state index in [1.165, 1.54) is 6.07 Å². The van der Waals surface area contributed by atoms with Gasteiger partial charge in [0.05, 0.1) is 18.4 Å². The summed E-state index contributed by atoms with van der Waals surface area (Å²) >= 11 is 0. The highest BCUT2D eigenvalue weighted by molar-refractivity contribution is 5.87. The lowest BCUT2D eigenvalue weighted by Gasteiger charge is -2.22. The third-order valence-corrected chi connectivity index (χ3v) is 4.55. The second-order valence-corrected chi connectivity index (χ2v) is 6.22. The quantitative estimate of drug-likeness (QED) is 0.546. The molecule has 2 aromatic heterocycles. The molecule has 1 N–H and O–H groups in total. The van der Waals surface area contributed by atoms with Crippen molar-refractivity contribution in [2.45, 2.75) is 6.54 Å². The highest BCUT2D eigenvalue weighted by Crippen LogP contribution is 2.42. The molecule has 132 valence electrons. The lowest BCUT2D eigenvalue weighted by Crippen LogP contribution is -2.17. The fourth-order valence-corrected chi connectivity index (χ4v) is 3.27. The lowest BCUT2D eigenvalue weighted by atomic mass is 10.2. The van der Waals surface area contributed by atoms with E-state index in [4.69, 9.17) is 9.15 Å². The average Bonchev–Trinajstić information content (AvgIpc) is 2.86. The van der Waals surface area contributed by atoms with Crippen LogP contribution < -0.4 is 15.1 Å². The number of rotatable bonds is 1. The van der Waals surface area contributed by atoms with Crippen LogP contribution >= 0.6 is 0 Å². The SMILES string of the molecule is O=c1c2c(oc3cccc(O)c13)N(c1cccnc1)Cc1ccccc1O2. The molecule has 0 saturated carbocycles. The molecular formula is C21H14N2O4. The van der Waals surface area contributed by atoms with E-state index in [1.807, 2.05) is 35.2 Å². The normalized spacial score (nSPS) is 12.8. The van der Waals surface area contributed by atoms with Gasteiger partial charge in [-0.15, -0.1) is 0 Å². The van der Waals surface area contributed by atoms with Crippen LogP contribution in [0.2, 0.25) is 0 Å². The molecule has 5 rings (SSSR count). The first-order valence-electron chi connectivity index (χ1n) is 8.44. The first-order chi connectivity index (χ1) is 13.2. The van der Waals surface area contributed by atoms with E-state index in [-0.39, 0.29) is 22.8 Å². The van der Waals surface area contributed by atoms with Gasteiger partial charge in [-0.2, -0.15) is 0 Å². The van der Waals surface area contributed by atoms with E-state index in [0.717, 1.165) is 11.3 Å². The van der Waals surface area contributed by atoms with Crippen molar-refractivity contribution in [1.29, 1.82) is 0 Å². The number of aromatic hydroxyl groups is 1. The third kappa shape index (κ3) is 2.42. The first-order valence-corrected chi connectivity index (χ1v) is 8.44. The van der Waals surface area contributed by atoms with Gasteiger partial charge in [0.1, 0.15) is 22.5 Å². The molecule has 27 heavy (non-hydrogen) atoms. The molecule has 1 aliphatic rings. The summed E-state index contributed by atoms with van der Waals surface area (Å²) in [6, 6.07) is 15.9. The van der Waals surface area contributed by atoms with Crippen LogP contribution in [0.1, 0.15) is 5.56 Å². The van der Waals surface area contributed by atoms with E-state index < -0.39 is 5.43 Å². The molecule has 0 spiro atoms. The van der Waals surface area contributed by atoms with Crippen molar-refractivity contribution in [3.05, 3.63) is 82.8 Å². The van der Waals surface area contributed by atoms with Crippen LogP contribution in [0.5, 0.6) is 17.2 Å². The summed E-state index contributed by atoms with van der Waals surface area (Å²) in [5.41, 5.74) is 1.54. The standard InChI is InChI=1S/C21H14N2O4/c24-15-7-3-9-17-18(15)19(25)20-21(27-17)23(14-6-4-10-22-11-14)12-13-5-1-2-8-16(13)26-20/h1-11,24H,12H2. The second-order valence-electron chi connectivity index (χ2n) is 6.22. The van der Waals surface area contributed by atoms with E-state index in [1.54, 1.807) is 30.6 Å². The van der Waals surface area contributed by atoms with Crippen LogP contribution in [-0.2, 0) is 6.54 Å². The van der Waals surface area contributed by atoms with Crippen LogP contribution in [0.15, 0.2) is 76.2 Å². The number of benzene rings is 2. The van der Waals surface area contributed by atoms with Gasteiger partial charge in [-0.05, 0) is 30.3 Å². The van der Waals surface area contributed by atoms with Crippen molar-refractivity contribution in [1.82, 2.24) is 4.98 Å². The lowest BCUT2D eigenvalue weighted by molar-refractivity contribution is 0.454. The molecule has 0 atom stereocenters. The highest BCUT2D eigenvalue weighted by Gasteiger charge is 2.28. The molecule has 3 heterocycles. The van der Waals surface area contributed by atoms with E-state index >= 15 is 0 Å². The number of phenolic OH excluding ortho intramolecular Hbond substituents is 1. The minimum absolute atomic E-state index is 0.0396. The van der Waals surface area contributed by atoms with Crippen LogP contribution in [0.25, 0.3) is 11.0 Å². The van der Waals surface area contributed by atoms with E-state index in [9.17, 15) is 9.90 Å². The number of aromatic nitrogens is 1. The number of fused-ring (bicyclic) bond motifs is 3. The van der Waals surface area contributed by atoms with Crippen molar-refractivity contribution in [2.75, 3.05) is 4.90 Å². The molecule has 0 aliphatic carbocycles. The minimum atomic E-state index is -0.421. The largest absolute Gasteiger partial charge is 0.507 e. The van der Waals surface area contributed by atoms with Gasteiger partial charge in [0.15, 0.2) is 0 Å². The fraction of sp³-hybridized carbons (Fsp3) is 0.0476. The zero-order valence-corrected chi connectivity index (χ0v) is 14.1. The second kappa shape index (κ2) is 5.88. The highest BCUT2D eigenvalue weighted by atomic mass is 16.5. The topological polar surface area (TPSA) is 75.8 Å². The molecule has 1 aliphatic heterocycles. The van der Waals surface area contributed by atoms with Gasteiger partial charge < -0.3 is 19.2 Å². The Labute approximate surface area is 153 Å². The van der Waals surface area contributed by atoms with Gasteiger partial charge in [0.25, 0.3) is 0 Å². The van der Waals surface area contributed by atoms with Crippen LogP contribution in [0, 0.1) is 0 Å². The Morgan fingerprint density at radius 3 is 2.78 bits per heavy atom.